The minimum absolute atomic E-state index is 0.0418. The second kappa shape index (κ2) is 7.04. The molecule has 0 unspecified atom stereocenters. The molecule has 6 heteroatoms. The fourth-order valence-corrected chi connectivity index (χ4v) is 1.85. The summed E-state index contributed by atoms with van der Waals surface area (Å²) in [5.74, 6) is -0.904. The molecule has 1 heterocycles. The normalized spacial score (nSPS) is 10.2. The number of carbonyl (C=O) groups excluding carboxylic acids is 1. The van der Waals surface area contributed by atoms with Crippen molar-refractivity contribution >= 4 is 28.9 Å². The number of amides is 1. The molecule has 0 spiro atoms. The molecule has 2 N–H and O–H groups in total. The van der Waals surface area contributed by atoms with Crippen LogP contribution in [0.3, 0.4) is 0 Å². The molecule has 4 nitrogen and oxygen atoms in total. The van der Waals surface area contributed by atoms with Crippen molar-refractivity contribution < 1.29 is 9.18 Å². The summed E-state index contributed by atoms with van der Waals surface area (Å²) in [6.07, 6.45) is 2.61. The lowest BCUT2D eigenvalue weighted by atomic mass is 10.2. The number of halogens is 2. The SMILES string of the molecule is CCCNc1ccc(C(=O)Nc2ccc(F)c(Cl)c2)nc1. The third-order valence-electron chi connectivity index (χ3n) is 2.75. The summed E-state index contributed by atoms with van der Waals surface area (Å²) in [5.41, 5.74) is 1.55. The third kappa shape index (κ3) is 4.16. The van der Waals surface area contributed by atoms with Crippen molar-refractivity contribution in [1.82, 2.24) is 4.98 Å². The molecule has 1 aromatic heterocycles. The largest absolute Gasteiger partial charge is 0.384 e. The van der Waals surface area contributed by atoms with Crippen LogP contribution < -0.4 is 10.6 Å². The van der Waals surface area contributed by atoms with E-state index in [-0.39, 0.29) is 16.6 Å². The molecule has 0 saturated carbocycles. The second-order valence-corrected chi connectivity index (χ2v) is 4.85. The molecule has 110 valence electrons. The van der Waals surface area contributed by atoms with E-state index in [1.165, 1.54) is 18.2 Å². The van der Waals surface area contributed by atoms with E-state index >= 15 is 0 Å². The van der Waals surface area contributed by atoms with Gasteiger partial charge in [-0.3, -0.25) is 4.79 Å². The van der Waals surface area contributed by atoms with E-state index in [0.717, 1.165) is 18.7 Å². The molecule has 0 bridgehead atoms. The Morgan fingerprint density at radius 3 is 2.67 bits per heavy atom. The molecule has 2 rings (SSSR count). The first kappa shape index (κ1) is 15.3. The molecule has 0 fully saturated rings. The highest BCUT2D eigenvalue weighted by molar-refractivity contribution is 6.31. The standard InChI is InChI=1S/C15H15ClFN3O/c1-2-7-18-11-4-6-14(19-9-11)15(21)20-10-3-5-13(17)12(16)8-10/h3-6,8-9,18H,2,7H2,1H3,(H,20,21). The number of pyridine rings is 1. The van der Waals surface area contributed by atoms with Gasteiger partial charge in [-0.05, 0) is 36.8 Å². The number of carbonyl (C=O) groups is 1. The number of benzene rings is 1. The number of nitrogens with zero attached hydrogens (tertiary/aromatic N) is 1. The molecular formula is C15H15ClFN3O. The predicted octanol–water partition coefficient (Wildman–Crippen LogP) is 3.95. The summed E-state index contributed by atoms with van der Waals surface area (Å²) in [7, 11) is 0. The van der Waals surface area contributed by atoms with Crippen LogP contribution >= 0.6 is 11.6 Å². The molecule has 0 radical (unpaired) electrons. The quantitative estimate of drug-likeness (QED) is 0.879. The Morgan fingerprint density at radius 2 is 2.05 bits per heavy atom. The number of hydrogen-bond acceptors (Lipinski definition) is 3. The van der Waals surface area contributed by atoms with Crippen molar-refractivity contribution in [3.8, 4) is 0 Å². The first-order valence-corrected chi connectivity index (χ1v) is 6.94. The van der Waals surface area contributed by atoms with Crippen LogP contribution in [0.2, 0.25) is 5.02 Å². The van der Waals surface area contributed by atoms with E-state index in [2.05, 4.69) is 22.5 Å². The van der Waals surface area contributed by atoms with Crippen LogP contribution in [-0.2, 0) is 0 Å². The van der Waals surface area contributed by atoms with Gasteiger partial charge in [-0.2, -0.15) is 0 Å². The van der Waals surface area contributed by atoms with E-state index in [9.17, 15) is 9.18 Å². The maximum absolute atomic E-state index is 13.0. The van der Waals surface area contributed by atoms with Crippen LogP contribution in [0.4, 0.5) is 15.8 Å². The minimum atomic E-state index is -0.529. The number of nitrogens with one attached hydrogen (secondary N) is 2. The third-order valence-corrected chi connectivity index (χ3v) is 3.04. The maximum Gasteiger partial charge on any atom is 0.274 e. The Labute approximate surface area is 127 Å². The Morgan fingerprint density at radius 1 is 1.29 bits per heavy atom. The Bertz CT molecular complexity index is 631. The van der Waals surface area contributed by atoms with Crippen LogP contribution in [0.5, 0.6) is 0 Å². The summed E-state index contributed by atoms with van der Waals surface area (Å²) in [4.78, 5) is 16.1. The first-order valence-electron chi connectivity index (χ1n) is 6.56. The average molecular weight is 308 g/mol. The van der Waals surface area contributed by atoms with Crippen molar-refractivity contribution in [3.63, 3.8) is 0 Å². The Kier molecular flexibility index (Phi) is 5.11. The molecule has 0 aliphatic carbocycles. The number of hydrogen-bond donors (Lipinski definition) is 2. The molecule has 1 amide bonds. The van der Waals surface area contributed by atoms with Crippen molar-refractivity contribution in [2.24, 2.45) is 0 Å². The summed E-state index contributed by atoms with van der Waals surface area (Å²) < 4.78 is 13.0. The maximum atomic E-state index is 13.0. The van der Waals surface area contributed by atoms with Crippen LogP contribution in [0.15, 0.2) is 36.5 Å². The van der Waals surface area contributed by atoms with Crippen LogP contribution in [0.25, 0.3) is 0 Å². The van der Waals surface area contributed by atoms with E-state index in [1.807, 2.05) is 0 Å². The molecule has 0 aliphatic heterocycles. The van der Waals surface area contributed by atoms with Gasteiger partial charge in [-0.25, -0.2) is 9.37 Å². The van der Waals surface area contributed by atoms with Crippen LogP contribution in [0, 0.1) is 5.82 Å². The summed E-state index contributed by atoms with van der Waals surface area (Å²) >= 11 is 5.66. The van der Waals surface area contributed by atoms with Gasteiger partial charge in [-0.15, -0.1) is 0 Å². The fraction of sp³-hybridized carbons (Fsp3) is 0.200. The summed E-state index contributed by atoms with van der Waals surface area (Å²) in [6.45, 7) is 2.91. The van der Waals surface area contributed by atoms with Gasteiger partial charge in [-0.1, -0.05) is 18.5 Å². The molecule has 0 aliphatic rings. The van der Waals surface area contributed by atoms with Gasteiger partial charge in [0.2, 0.25) is 0 Å². The van der Waals surface area contributed by atoms with E-state index in [0.29, 0.717) is 5.69 Å². The lowest BCUT2D eigenvalue weighted by molar-refractivity contribution is 0.102. The number of aromatic nitrogens is 1. The van der Waals surface area contributed by atoms with Crippen molar-refractivity contribution in [3.05, 3.63) is 53.1 Å². The second-order valence-electron chi connectivity index (χ2n) is 4.44. The topological polar surface area (TPSA) is 54.0 Å². The van der Waals surface area contributed by atoms with E-state index < -0.39 is 5.82 Å². The molecule has 1 aromatic carbocycles. The molecular weight excluding hydrogens is 293 g/mol. The Hall–Kier alpha value is -2.14. The van der Waals surface area contributed by atoms with Gasteiger partial charge in [0.1, 0.15) is 11.5 Å². The number of rotatable bonds is 5. The zero-order valence-electron chi connectivity index (χ0n) is 11.5. The van der Waals surface area contributed by atoms with Crippen molar-refractivity contribution in [2.45, 2.75) is 13.3 Å². The van der Waals surface area contributed by atoms with Crippen molar-refractivity contribution in [1.29, 1.82) is 0 Å². The highest BCUT2D eigenvalue weighted by Crippen LogP contribution is 2.19. The predicted molar refractivity (Wildman–Crippen MR) is 82.4 cm³/mol. The summed E-state index contributed by atoms with van der Waals surface area (Å²) in [6, 6.07) is 7.40. The van der Waals surface area contributed by atoms with Gasteiger partial charge >= 0.3 is 0 Å². The van der Waals surface area contributed by atoms with Crippen LogP contribution in [0.1, 0.15) is 23.8 Å². The zero-order valence-corrected chi connectivity index (χ0v) is 12.2. The van der Waals surface area contributed by atoms with Crippen molar-refractivity contribution in [2.75, 3.05) is 17.2 Å². The molecule has 21 heavy (non-hydrogen) atoms. The van der Waals surface area contributed by atoms with Gasteiger partial charge in [0.15, 0.2) is 0 Å². The number of anilines is 2. The van der Waals surface area contributed by atoms with Crippen LogP contribution in [-0.4, -0.2) is 17.4 Å². The lowest BCUT2D eigenvalue weighted by Crippen LogP contribution is -2.14. The van der Waals surface area contributed by atoms with E-state index in [4.69, 9.17) is 11.6 Å². The van der Waals surface area contributed by atoms with E-state index in [1.54, 1.807) is 18.3 Å². The average Bonchev–Trinajstić information content (AvgIpc) is 2.49. The first-order chi connectivity index (χ1) is 10.1. The van der Waals surface area contributed by atoms with Gasteiger partial charge in [0.05, 0.1) is 16.9 Å². The van der Waals surface area contributed by atoms with Gasteiger partial charge in [0.25, 0.3) is 5.91 Å². The van der Waals surface area contributed by atoms with Gasteiger partial charge < -0.3 is 10.6 Å². The minimum Gasteiger partial charge on any atom is -0.384 e. The molecule has 0 atom stereocenters. The highest BCUT2D eigenvalue weighted by atomic mass is 35.5. The molecule has 0 saturated heterocycles. The molecule has 2 aromatic rings. The smallest absolute Gasteiger partial charge is 0.274 e. The monoisotopic (exact) mass is 307 g/mol. The highest BCUT2D eigenvalue weighted by Gasteiger charge is 2.09. The Balaban J connectivity index is 2.04. The van der Waals surface area contributed by atoms with Gasteiger partial charge in [0, 0.05) is 12.2 Å². The zero-order chi connectivity index (χ0) is 15.2. The fourth-order valence-electron chi connectivity index (χ4n) is 1.67. The summed E-state index contributed by atoms with van der Waals surface area (Å²) in [5, 5.41) is 5.74. The lowest BCUT2D eigenvalue weighted by Gasteiger charge is -2.07.